The van der Waals surface area contributed by atoms with Gasteiger partial charge in [-0.2, -0.15) is 0 Å². The Morgan fingerprint density at radius 3 is 2.59 bits per heavy atom. The molecule has 1 aromatic heterocycles. The first kappa shape index (κ1) is 13.5. The molecule has 1 aliphatic rings. The Morgan fingerprint density at radius 1 is 1.41 bits per heavy atom. The highest BCUT2D eigenvalue weighted by atomic mass is 32.2. The van der Waals surface area contributed by atoms with Gasteiger partial charge in [-0.3, -0.25) is 0 Å². The van der Waals surface area contributed by atoms with Crippen molar-refractivity contribution in [3.8, 4) is 0 Å². The SMILES string of the molecule is CCOC(O)C1(O)OC(C)(C)c2sc(=S)sc21. The summed E-state index contributed by atoms with van der Waals surface area (Å²) in [5.41, 5.74) is -0.666. The van der Waals surface area contributed by atoms with Crippen molar-refractivity contribution in [1.29, 1.82) is 0 Å². The minimum Gasteiger partial charge on any atom is -0.363 e. The molecule has 2 heterocycles. The molecule has 2 N–H and O–H groups in total. The molecule has 0 saturated carbocycles. The van der Waals surface area contributed by atoms with Gasteiger partial charge in [-0.05, 0) is 20.8 Å². The minimum absolute atomic E-state index is 0.290. The summed E-state index contributed by atoms with van der Waals surface area (Å²) in [7, 11) is 0. The van der Waals surface area contributed by atoms with E-state index in [0.717, 1.165) is 4.88 Å². The second kappa shape index (κ2) is 4.34. The zero-order chi connectivity index (χ0) is 12.8. The van der Waals surface area contributed by atoms with Gasteiger partial charge in [0, 0.05) is 6.61 Å². The van der Waals surface area contributed by atoms with Crippen LogP contribution >= 0.6 is 34.9 Å². The molecule has 0 aliphatic carbocycles. The lowest BCUT2D eigenvalue weighted by Crippen LogP contribution is -2.42. The van der Waals surface area contributed by atoms with E-state index in [1.807, 2.05) is 13.8 Å². The molecule has 0 saturated heterocycles. The van der Waals surface area contributed by atoms with E-state index >= 15 is 0 Å². The van der Waals surface area contributed by atoms with Gasteiger partial charge in [0.05, 0.1) is 9.75 Å². The smallest absolute Gasteiger partial charge is 0.256 e. The van der Waals surface area contributed by atoms with Gasteiger partial charge in [-0.15, -0.1) is 22.7 Å². The van der Waals surface area contributed by atoms with Gasteiger partial charge in [0.1, 0.15) is 8.74 Å². The van der Waals surface area contributed by atoms with Crippen LogP contribution in [0.15, 0.2) is 0 Å². The van der Waals surface area contributed by atoms with Gasteiger partial charge >= 0.3 is 0 Å². The normalized spacial score (nSPS) is 28.1. The second-order valence-corrected chi connectivity index (χ2v) is 7.45. The molecule has 2 unspecified atom stereocenters. The lowest BCUT2D eigenvalue weighted by molar-refractivity contribution is -0.348. The number of rotatable bonds is 3. The van der Waals surface area contributed by atoms with Crippen molar-refractivity contribution in [2.45, 2.75) is 38.4 Å². The molecule has 2 atom stereocenters. The van der Waals surface area contributed by atoms with Crippen LogP contribution < -0.4 is 0 Å². The fourth-order valence-electron chi connectivity index (χ4n) is 1.83. The molecule has 0 radical (unpaired) electrons. The van der Waals surface area contributed by atoms with Crippen LogP contribution in [0, 0.1) is 3.14 Å². The topological polar surface area (TPSA) is 58.9 Å². The number of hydrogen-bond acceptors (Lipinski definition) is 7. The fraction of sp³-hybridized carbons (Fsp3) is 0.700. The van der Waals surface area contributed by atoms with Crippen molar-refractivity contribution in [2.24, 2.45) is 0 Å². The Bertz CT molecular complexity index is 478. The number of aliphatic hydroxyl groups excluding tert-OH is 1. The highest BCUT2D eigenvalue weighted by Crippen LogP contribution is 2.52. The summed E-state index contributed by atoms with van der Waals surface area (Å²) in [6, 6.07) is 0. The second-order valence-electron chi connectivity index (χ2n) is 4.23. The molecular weight excluding hydrogens is 280 g/mol. The maximum atomic E-state index is 10.5. The molecule has 7 heteroatoms. The van der Waals surface area contributed by atoms with Crippen LogP contribution in [-0.4, -0.2) is 23.1 Å². The molecule has 0 amide bonds. The van der Waals surface area contributed by atoms with E-state index in [1.165, 1.54) is 22.7 Å². The van der Waals surface area contributed by atoms with Crippen molar-refractivity contribution in [1.82, 2.24) is 0 Å². The molecule has 0 fully saturated rings. The molecule has 1 aromatic rings. The first-order valence-electron chi connectivity index (χ1n) is 5.18. The van der Waals surface area contributed by atoms with Crippen LogP contribution in [0.25, 0.3) is 0 Å². The first-order chi connectivity index (χ1) is 7.81. The quantitative estimate of drug-likeness (QED) is 0.662. The molecule has 1 aliphatic heterocycles. The summed E-state index contributed by atoms with van der Waals surface area (Å²) in [6.45, 7) is 5.70. The Hall–Kier alpha value is 0.110. The third-order valence-electron chi connectivity index (χ3n) is 2.52. The van der Waals surface area contributed by atoms with Gasteiger partial charge in [-0.1, -0.05) is 12.2 Å². The zero-order valence-electron chi connectivity index (χ0n) is 9.72. The number of fused-ring (bicyclic) bond motifs is 1. The van der Waals surface area contributed by atoms with Gasteiger partial charge in [-0.25, -0.2) is 0 Å². The maximum Gasteiger partial charge on any atom is 0.256 e. The van der Waals surface area contributed by atoms with Gasteiger partial charge in [0.25, 0.3) is 5.79 Å². The van der Waals surface area contributed by atoms with Crippen LogP contribution in [0.5, 0.6) is 0 Å². The summed E-state index contributed by atoms with van der Waals surface area (Å²) in [5, 5.41) is 20.3. The van der Waals surface area contributed by atoms with Crippen molar-refractivity contribution >= 4 is 34.9 Å². The van der Waals surface area contributed by atoms with E-state index in [9.17, 15) is 10.2 Å². The van der Waals surface area contributed by atoms with E-state index in [1.54, 1.807) is 6.92 Å². The number of ether oxygens (including phenoxy) is 2. The van der Waals surface area contributed by atoms with E-state index in [4.69, 9.17) is 21.7 Å². The summed E-state index contributed by atoms with van der Waals surface area (Å²) in [4.78, 5) is 1.41. The molecule has 0 aromatic carbocycles. The van der Waals surface area contributed by atoms with Gasteiger partial charge < -0.3 is 19.7 Å². The lowest BCUT2D eigenvalue weighted by atomic mass is 10.1. The third-order valence-corrected chi connectivity index (χ3v) is 5.58. The largest absolute Gasteiger partial charge is 0.363 e. The molecular formula is C10H14O4S3. The molecule has 96 valence electrons. The summed E-state index contributed by atoms with van der Waals surface area (Å²) in [6.07, 6.45) is -1.41. The van der Waals surface area contributed by atoms with Crippen LogP contribution in [0.3, 0.4) is 0 Å². The van der Waals surface area contributed by atoms with E-state index in [0.29, 0.717) is 8.01 Å². The standard InChI is InChI=1S/C10H14O4S3/c1-4-13-7(11)10(12)6-5(9(2,3)14-10)16-8(15)17-6/h7,11-12H,4H2,1-3H3. The maximum absolute atomic E-state index is 10.5. The minimum atomic E-state index is -1.81. The molecule has 17 heavy (non-hydrogen) atoms. The monoisotopic (exact) mass is 294 g/mol. The Morgan fingerprint density at radius 2 is 2.00 bits per heavy atom. The number of aliphatic hydroxyl groups is 2. The molecule has 0 bridgehead atoms. The van der Waals surface area contributed by atoms with Crippen LogP contribution in [0.1, 0.15) is 30.5 Å². The van der Waals surface area contributed by atoms with E-state index in [2.05, 4.69) is 0 Å². The highest BCUT2D eigenvalue weighted by Gasteiger charge is 2.55. The predicted octanol–water partition coefficient (Wildman–Crippen LogP) is 2.30. The fourth-order valence-corrected chi connectivity index (χ4v) is 4.73. The van der Waals surface area contributed by atoms with Crippen molar-refractivity contribution in [3.63, 3.8) is 0 Å². The van der Waals surface area contributed by atoms with Crippen molar-refractivity contribution in [3.05, 3.63) is 12.9 Å². The summed E-state index contributed by atoms with van der Waals surface area (Å²) < 4.78 is 11.3. The third kappa shape index (κ3) is 2.10. The summed E-state index contributed by atoms with van der Waals surface area (Å²) >= 11 is 7.79. The molecule has 2 rings (SSSR count). The zero-order valence-corrected chi connectivity index (χ0v) is 12.2. The molecule has 4 nitrogen and oxygen atoms in total. The van der Waals surface area contributed by atoms with E-state index in [-0.39, 0.29) is 6.61 Å². The predicted molar refractivity (Wildman–Crippen MR) is 68.7 cm³/mol. The highest BCUT2D eigenvalue weighted by molar-refractivity contribution is 7.76. The van der Waals surface area contributed by atoms with Crippen LogP contribution in [-0.2, 0) is 20.9 Å². The average Bonchev–Trinajstić information content (AvgIpc) is 2.67. The Labute approximate surface area is 112 Å². The van der Waals surface area contributed by atoms with Crippen molar-refractivity contribution in [2.75, 3.05) is 6.61 Å². The summed E-state index contributed by atoms with van der Waals surface area (Å²) in [5.74, 6) is -1.81. The van der Waals surface area contributed by atoms with Crippen LogP contribution in [0.4, 0.5) is 0 Å². The van der Waals surface area contributed by atoms with Gasteiger partial charge in [0.2, 0.25) is 6.29 Å². The Kier molecular flexibility index (Phi) is 3.46. The lowest BCUT2D eigenvalue weighted by Gasteiger charge is -2.30. The van der Waals surface area contributed by atoms with Gasteiger partial charge in [0.15, 0.2) is 0 Å². The van der Waals surface area contributed by atoms with Crippen LogP contribution in [0.2, 0.25) is 0 Å². The van der Waals surface area contributed by atoms with Crippen molar-refractivity contribution < 1.29 is 19.7 Å². The number of hydrogen-bond donors (Lipinski definition) is 2. The molecule has 0 spiro atoms. The van der Waals surface area contributed by atoms with E-state index < -0.39 is 17.7 Å². The average molecular weight is 294 g/mol. The Balaban J connectivity index is 2.49. The first-order valence-corrected chi connectivity index (χ1v) is 7.22.